The Labute approximate surface area is 131 Å². The maximum absolute atomic E-state index is 5.93. The van der Waals surface area contributed by atoms with Crippen LogP contribution in [-0.2, 0) is 6.42 Å². The van der Waals surface area contributed by atoms with Crippen molar-refractivity contribution in [3.63, 3.8) is 0 Å². The number of rotatable bonds is 6. The summed E-state index contributed by atoms with van der Waals surface area (Å²) in [5.41, 5.74) is 1.32. The molecule has 1 N–H and O–H groups in total. The van der Waals surface area contributed by atoms with Crippen molar-refractivity contribution in [3.05, 3.63) is 57.2 Å². The van der Waals surface area contributed by atoms with Crippen LogP contribution in [0.3, 0.4) is 0 Å². The first-order chi connectivity index (χ1) is 9.56. The Morgan fingerprint density at radius 2 is 1.80 bits per heavy atom. The van der Waals surface area contributed by atoms with Gasteiger partial charge in [-0.15, -0.1) is 11.3 Å². The van der Waals surface area contributed by atoms with Crippen LogP contribution in [0.5, 0.6) is 0 Å². The molecule has 108 valence electrons. The molecular weight excluding hydrogens is 286 g/mol. The predicted molar refractivity (Wildman–Crippen MR) is 89.7 cm³/mol. The van der Waals surface area contributed by atoms with Crippen LogP contribution in [0.15, 0.2) is 41.8 Å². The second-order valence-corrected chi connectivity index (χ2v) is 7.05. The minimum Gasteiger partial charge on any atom is -0.306 e. The molecule has 0 fully saturated rings. The van der Waals surface area contributed by atoms with E-state index in [0.717, 1.165) is 11.4 Å². The summed E-state index contributed by atoms with van der Waals surface area (Å²) in [7, 11) is 0. The van der Waals surface area contributed by atoms with E-state index in [2.05, 4.69) is 55.7 Å². The Kier molecular flexibility index (Phi) is 5.64. The van der Waals surface area contributed by atoms with Gasteiger partial charge in [-0.05, 0) is 48.4 Å². The summed E-state index contributed by atoms with van der Waals surface area (Å²) in [4.78, 5) is 1.42. The molecule has 2 unspecified atom stereocenters. The van der Waals surface area contributed by atoms with Gasteiger partial charge in [0.25, 0.3) is 0 Å². The molecule has 1 aromatic heterocycles. The molecular formula is C17H22ClNS. The van der Waals surface area contributed by atoms with Gasteiger partial charge in [-0.2, -0.15) is 0 Å². The molecule has 1 heterocycles. The van der Waals surface area contributed by atoms with Gasteiger partial charge < -0.3 is 5.32 Å². The Balaban J connectivity index is 1.98. The van der Waals surface area contributed by atoms with E-state index in [-0.39, 0.29) is 0 Å². The zero-order chi connectivity index (χ0) is 14.5. The molecule has 2 aromatic rings. The number of nitrogens with one attached hydrogen (secondary N) is 1. The average Bonchev–Trinajstić information content (AvgIpc) is 2.92. The molecule has 0 radical (unpaired) electrons. The van der Waals surface area contributed by atoms with Gasteiger partial charge in [0, 0.05) is 22.0 Å². The van der Waals surface area contributed by atoms with Gasteiger partial charge in [0.2, 0.25) is 0 Å². The highest BCUT2D eigenvalue weighted by atomic mass is 35.5. The van der Waals surface area contributed by atoms with E-state index in [9.17, 15) is 0 Å². The van der Waals surface area contributed by atoms with Crippen molar-refractivity contribution in [3.8, 4) is 0 Å². The maximum Gasteiger partial charge on any atom is 0.0440 e. The summed E-state index contributed by atoms with van der Waals surface area (Å²) in [6, 6.07) is 13.3. The average molecular weight is 308 g/mol. The summed E-state index contributed by atoms with van der Waals surface area (Å²) in [6.07, 6.45) is 1.02. The van der Waals surface area contributed by atoms with Crippen LogP contribution >= 0.6 is 22.9 Å². The van der Waals surface area contributed by atoms with Gasteiger partial charge in [0.05, 0.1) is 0 Å². The van der Waals surface area contributed by atoms with Crippen LogP contribution in [0.1, 0.15) is 37.3 Å². The Hall–Kier alpha value is -0.830. The monoisotopic (exact) mass is 307 g/mol. The summed E-state index contributed by atoms with van der Waals surface area (Å²) in [6.45, 7) is 6.79. The predicted octanol–water partition coefficient (Wildman–Crippen LogP) is 5.32. The van der Waals surface area contributed by atoms with E-state index < -0.39 is 0 Å². The molecule has 1 nitrogen and oxygen atoms in total. The lowest BCUT2D eigenvalue weighted by Gasteiger charge is -2.26. The maximum atomic E-state index is 5.93. The third kappa shape index (κ3) is 4.34. The minimum atomic E-state index is 0.428. The molecule has 0 bridgehead atoms. The smallest absolute Gasteiger partial charge is 0.0440 e. The zero-order valence-corrected chi connectivity index (χ0v) is 13.8. The third-order valence-corrected chi connectivity index (χ3v) is 4.64. The molecule has 2 rings (SSSR count). The molecule has 0 spiro atoms. The molecule has 0 saturated heterocycles. The van der Waals surface area contributed by atoms with Gasteiger partial charge in [-0.1, -0.05) is 43.6 Å². The number of benzene rings is 1. The lowest BCUT2D eigenvalue weighted by molar-refractivity contribution is 0.373. The number of hydrogen-bond donors (Lipinski definition) is 1. The van der Waals surface area contributed by atoms with Gasteiger partial charge in [-0.25, -0.2) is 0 Å². The van der Waals surface area contributed by atoms with E-state index in [0.29, 0.717) is 18.0 Å². The van der Waals surface area contributed by atoms with Gasteiger partial charge in [0.1, 0.15) is 0 Å². The lowest BCUT2D eigenvalue weighted by atomic mass is 10.00. The summed E-state index contributed by atoms with van der Waals surface area (Å²) in [5, 5.41) is 6.71. The fourth-order valence-corrected chi connectivity index (χ4v) is 3.50. The second-order valence-electron chi connectivity index (χ2n) is 5.64. The van der Waals surface area contributed by atoms with Crippen molar-refractivity contribution in [2.75, 3.05) is 0 Å². The quantitative estimate of drug-likeness (QED) is 0.761. The van der Waals surface area contributed by atoms with Crippen molar-refractivity contribution in [2.24, 2.45) is 5.92 Å². The van der Waals surface area contributed by atoms with Gasteiger partial charge in [0.15, 0.2) is 0 Å². The summed E-state index contributed by atoms with van der Waals surface area (Å²) < 4.78 is 0. The molecule has 2 atom stereocenters. The fourth-order valence-electron chi connectivity index (χ4n) is 2.41. The molecule has 0 aliphatic carbocycles. The van der Waals surface area contributed by atoms with Crippen LogP contribution in [0, 0.1) is 5.92 Å². The van der Waals surface area contributed by atoms with Crippen LogP contribution in [-0.4, -0.2) is 6.04 Å². The highest BCUT2D eigenvalue weighted by Gasteiger charge is 2.18. The van der Waals surface area contributed by atoms with E-state index >= 15 is 0 Å². The van der Waals surface area contributed by atoms with E-state index in [1.165, 1.54) is 10.4 Å². The third-order valence-electron chi connectivity index (χ3n) is 3.44. The summed E-state index contributed by atoms with van der Waals surface area (Å²) >= 11 is 7.76. The highest BCUT2D eigenvalue weighted by molar-refractivity contribution is 7.10. The molecule has 0 amide bonds. The Morgan fingerprint density at radius 1 is 1.10 bits per heavy atom. The van der Waals surface area contributed by atoms with Gasteiger partial charge >= 0.3 is 0 Å². The molecule has 0 aliphatic heterocycles. The van der Waals surface area contributed by atoms with E-state index in [1.54, 1.807) is 0 Å². The second kappa shape index (κ2) is 7.26. The number of thiophene rings is 1. The Morgan fingerprint density at radius 3 is 2.35 bits per heavy atom. The topological polar surface area (TPSA) is 12.0 Å². The van der Waals surface area contributed by atoms with Crippen molar-refractivity contribution < 1.29 is 0 Å². The molecule has 1 aromatic carbocycles. The first-order valence-electron chi connectivity index (χ1n) is 7.10. The molecule has 3 heteroatoms. The highest BCUT2D eigenvalue weighted by Crippen LogP contribution is 2.26. The van der Waals surface area contributed by atoms with Crippen molar-refractivity contribution >= 4 is 22.9 Å². The van der Waals surface area contributed by atoms with Crippen molar-refractivity contribution in [2.45, 2.75) is 39.3 Å². The van der Waals surface area contributed by atoms with Crippen molar-refractivity contribution in [1.29, 1.82) is 0 Å². The zero-order valence-electron chi connectivity index (χ0n) is 12.3. The fraction of sp³-hybridized carbons (Fsp3) is 0.412. The number of halogens is 1. The van der Waals surface area contributed by atoms with Crippen LogP contribution < -0.4 is 5.32 Å². The standard InChI is InChI=1S/C17H22ClNS/c1-12(2)17(16-5-4-10-20-16)19-13(3)11-14-6-8-15(18)9-7-14/h4-10,12-13,17,19H,11H2,1-3H3. The summed E-state index contributed by atoms with van der Waals surface area (Å²) in [5.74, 6) is 0.585. The Bertz CT molecular complexity index is 504. The molecule has 20 heavy (non-hydrogen) atoms. The molecule has 0 aliphatic rings. The minimum absolute atomic E-state index is 0.428. The molecule has 0 saturated carbocycles. The van der Waals surface area contributed by atoms with E-state index in [1.807, 2.05) is 23.5 Å². The first-order valence-corrected chi connectivity index (χ1v) is 8.36. The van der Waals surface area contributed by atoms with E-state index in [4.69, 9.17) is 11.6 Å². The largest absolute Gasteiger partial charge is 0.306 e. The first kappa shape index (κ1) is 15.6. The van der Waals surface area contributed by atoms with Crippen LogP contribution in [0.4, 0.5) is 0 Å². The van der Waals surface area contributed by atoms with Gasteiger partial charge in [-0.3, -0.25) is 0 Å². The number of hydrogen-bond acceptors (Lipinski definition) is 2. The van der Waals surface area contributed by atoms with Crippen LogP contribution in [0.25, 0.3) is 0 Å². The lowest BCUT2D eigenvalue weighted by Crippen LogP contribution is -2.34. The van der Waals surface area contributed by atoms with Crippen molar-refractivity contribution in [1.82, 2.24) is 5.32 Å². The van der Waals surface area contributed by atoms with Crippen LogP contribution in [0.2, 0.25) is 5.02 Å². The SMILES string of the molecule is CC(Cc1ccc(Cl)cc1)NC(c1cccs1)C(C)C. The normalized spacial score (nSPS) is 14.4.